The SMILES string of the molecule is CCNC(=NCc1ccccc1Oc1ccccc1C)NCC(C)(O)c1cnn(C)c1. The molecule has 0 aliphatic carbocycles. The third kappa shape index (κ3) is 6.08. The zero-order chi connectivity index (χ0) is 22.3. The Morgan fingerprint density at radius 2 is 1.84 bits per heavy atom. The molecule has 7 heteroatoms. The van der Waals surface area contributed by atoms with Crippen LogP contribution in [0.1, 0.15) is 30.5 Å². The Balaban J connectivity index is 1.71. The normalized spacial score (nSPS) is 13.5. The summed E-state index contributed by atoms with van der Waals surface area (Å²) >= 11 is 0. The Kier molecular flexibility index (Phi) is 7.31. The zero-order valence-electron chi connectivity index (χ0n) is 18.6. The molecule has 0 aliphatic rings. The average Bonchev–Trinajstić information content (AvgIpc) is 3.20. The predicted octanol–water partition coefficient (Wildman–Crippen LogP) is 3.48. The molecule has 164 valence electrons. The van der Waals surface area contributed by atoms with Gasteiger partial charge in [0.15, 0.2) is 5.96 Å². The van der Waals surface area contributed by atoms with Crippen LogP contribution in [0.5, 0.6) is 11.5 Å². The summed E-state index contributed by atoms with van der Waals surface area (Å²) in [4.78, 5) is 4.69. The molecule has 2 aromatic carbocycles. The summed E-state index contributed by atoms with van der Waals surface area (Å²) in [5, 5.41) is 21.4. The van der Waals surface area contributed by atoms with E-state index in [2.05, 4.69) is 15.7 Å². The molecule has 3 aromatic rings. The van der Waals surface area contributed by atoms with E-state index < -0.39 is 5.60 Å². The first-order chi connectivity index (χ1) is 14.9. The third-order valence-electron chi connectivity index (χ3n) is 4.96. The van der Waals surface area contributed by atoms with E-state index in [1.54, 1.807) is 17.8 Å². The van der Waals surface area contributed by atoms with E-state index in [9.17, 15) is 5.11 Å². The molecule has 3 rings (SSSR count). The minimum Gasteiger partial charge on any atom is -0.457 e. The van der Waals surface area contributed by atoms with Gasteiger partial charge in [-0.25, -0.2) is 4.99 Å². The van der Waals surface area contributed by atoms with Crippen LogP contribution < -0.4 is 15.4 Å². The predicted molar refractivity (Wildman–Crippen MR) is 123 cm³/mol. The van der Waals surface area contributed by atoms with Crippen LogP contribution in [0.3, 0.4) is 0 Å². The summed E-state index contributed by atoms with van der Waals surface area (Å²) < 4.78 is 7.82. The minimum atomic E-state index is -1.07. The quantitative estimate of drug-likeness (QED) is 0.383. The number of para-hydroxylation sites is 2. The molecule has 31 heavy (non-hydrogen) atoms. The van der Waals surface area contributed by atoms with Crippen molar-refractivity contribution in [3.8, 4) is 11.5 Å². The van der Waals surface area contributed by atoms with Crippen molar-refractivity contribution in [3.63, 3.8) is 0 Å². The smallest absolute Gasteiger partial charge is 0.191 e. The van der Waals surface area contributed by atoms with Gasteiger partial charge in [-0.05, 0) is 38.5 Å². The van der Waals surface area contributed by atoms with Gasteiger partial charge in [0.2, 0.25) is 0 Å². The molecule has 1 unspecified atom stereocenters. The van der Waals surface area contributed by atoms with E-state index >= 15 is 0 Å². The van der Waals surface area contributed by atoms with Crippen molar-refractivity contribution in [1.29, 1.82) is 0 Å². The molecule has 1 atom stereocenters. The molecule has 0 amide bonds. The molecule has 0 saturated heterocycles. The van der Waals surface area contributed by atoms with Gasteiger partial charge in [-0.3, -0.25) is 4.68 Å². The standard InChI is InChI=1S/C24H31N5O2/c1-5-25-23(27-17-24(3,30)20-15-28-29(4)16-20)26-14-19-11-7-9-13-22(19)31-21-12-8-6-10-18(21)2/h6-13,15-16,30H,5,14,17H2,1-4H3,(H2,25,26,27). The lowest BCUT2D eigenvalue weighted by Crippen LogP contribution is -2.44. The van der Waals surface area contributed by atoms with E-state index in [4.69, 9.17) is 9.73 Å². The van der Waals surface area contributed by atoms with Crippen LogP contribution in [0.15, 0.2) is 65.9 Å². The first-order valence-corrected chi connectivity index (χ1v) is 10.4. The van der Waals surface area contributed by atoms with Gasteiger partial charge in [-0.15, -0.1) is 0 Å². The molecule has 0 bridgehead atoms. The topological polar surface area (TPSA) is 83.7 Å². The number of nitrogens with one attached hydrogen (secondary N) is 2. The van der Waals surface area contributed by atoms with Crippen molar-refractivity contribution in [2.45, 2.75) is 32.9 Å². The highest BCUT2D eigenvalue weighted by atomic mass is 16.5. The monoisotopic (exact) mass is 421 g/mol. The molecule has 0 radical (unpaired) electrons. The van der Waals surface area contributed by atoms with Crippen molar-refractivity contribution in [3.05, 3.63) is 77.6 Å². The summed E-state index contributed by atoms with van der Waals surface area (Å²) in [6.07, 6.45) is 3.48. The average molecular weight is 422 g/mol. The molecule has 0 spiro atoms. The fraction of sp³-hybridized carbons (Fsp3) is 0.333. The number of rotatable bonds is 8. The number of aliphatic imine (C=N–C) groups is 1. The number of hydrogen-bond acceptors (Lipinski definition) is 4. The maximum Gasteiger partial charge on any atom is 0.191 e. The lowest BCUT2D eigenvalue weighted by molar-refractivity contribution is 0.0616. The van der Waals surface area contributed by atoms with E-state index in [0.717, 1.165) is 28.2 Å². The molecule has 7 nitrogen and oxygen atoms in total. The van der Waals surface area contributed by atoms with E-state index in [-0.39, 0.29) is 0 Å². The second kappa shape index (κ2) is 10.1. The molecule has 1 aromatic heterocycles. The first-order valence-electron chi connectivity index (χ1n) is 10.4. The van der Waals surface area contributed by atoms with Gasteiger partial charge in [0.05, 0.1) is 19.3 Å². The third-order valence-corrected chi connectivity index (χ3v) is 4.96. The molecular formula is C24H31N5O2. The van der Waals surface area contributed by atoms with Crippen molar-refractivity contribution in [2.24, 2.45) is 12.0 Å². The highest BCUT2D eigenvalue weighted by Gasteiger charge is 2.25. The van der Waals surface area contributed by atoms with Gasteiger partial charge in [-0.1, -0.05) is 36.4 Å². The second-order valence-corrected chi connectivity index (χ2v) is 7.70. The number of nitrogens with zero attached hydrogens (tertiary/aromatic N) is 3. The zero-order valence-corrected chi connectivity index (χ0v) is 18.6. The summed E-state index contributed by atoms with van der Waals surface area (Å²) in [7, 11) is 1.83. The maximum atomic E-state index is 10.8. The van der Waals surface area contributed by atoms with Gasteiger partial charge < -0.3 is 20.5 Å². The highest BCUT2D eigenvalue weighted by molar-refractivity contribution is 5.79. The largest absolute Gasteiger partial charge is 0.457 e. The lowest BCUT2D eigenvalue weighted by atomic mass is 10.00. The van der Waals surface area contributed by atoms with Crippen LogP contribution in [-0.2, 0) is 19.2 Å². The molecule has 0 aliphatic heterocycles. The fourth-order valence-electron chi connectivity index (χ4n) is 3.09. The minimum absolute atomic E-state index is 0.298. The Labute approximate surface area is 183 Å². The number of benzene rings is 2. The van der Waals surface area contributed by atoms with Crippen molar-refractivity contribution >= 4 is 5.96 Å². The van der Waals surface area contributed by atoms with Crippen LogP contribution in [0, 0.1) is 6.92 Å². The van der Waals surface area contributed by atoms with E-state index in [1.807, 2.05) is 75.6 Å². The number of aliphatic hydroxyl groups is 1. The summed E-state index contributed by atoms with van der Waals surface area (Å²) in [5.74, 6) is 2.23. The van der Waals surface area contributed by atoms with Crippen LogP contribution in [0.2, 0.25) is 0 Å². The van der Waals surface area contributed by atoms with Crippen molar-refractivity contribution in [2.75, 3.05) is 13.1 Å². The van der Waals surface area contributed by atoms with Crippen molar-refractivity contribution in [1.82, 2.24) is 20.4 Å². The number of ether oxygens (including phenoxy) is 1. The van der Waals surface area contributed by atoms with Gasteiger partial charge in [-0.2, -0.15) is 5.10 Å². The Hall–Kier alpha value is -3.32. The number of hydrogen-bond donors (Lipinski definition) is 3. The van der Waals surface area contributed by atoms with Crippen LogP contribution >= 0.6 is 0 Å². The number of aryl methyl sites for hydroxylation is 2. The molecule has 1 heterocycles. The van der Waals surface area contributed by atoms with Gasteiger partial charge in [0.1, 0.15) is 17.1 Å². The van der Waals surface area contributed by atoms with Gasteiger partial charge >= 0.3 is 0 Å². The maximum absolute atomic E-state index is 10.8. The summed E-state index contributed by atoms with van der Waals surface area (Å²) in [6.45, 7) is 7.23. The Bertz CT molecular complexity index is 1030. The Morgan fingerprint density at radius 1 is 1.13 bits per heavy atom. The molecule has 3 N–H and O–H groups in total. The van der Waals surface area contributed by atoms with Crippen LogP contribution in [0.25, 0.3) is 0 Å². The van der Waals surface area contributed by atoms with Gasteiger partial charge in [0, 0.05) is 30.9 Å². The van der Waals surface area contributed by atoms with E-state index in [1.165, 1.54) is 0 Å². The summed E-state index contributed by atoms with van der Waals surface area (Å²) in [5.41, 5.74) is 1.72. The number of guanidine groups is 1. The van der Waals surface area contributed by atoms with Crippen LogP contribution in [-0.4, -0.2) is 33.9 Å². The van der Waals surface area contributed by atoms with Crippen molar-refractivity contribution < 1.29 is 9.84 Å². The van der Waals surface area contributed by atoms with E-state index in [0.29, 0.717) is 25.6 Å². The molecule has 0 fully saturated rings. The molecule has 0 saturated carbocycles. The Morgan fingerprint density at radius 3 is 2.52 bits per heavy atom. The first kappa shape index (κ1) is 22.4. The fourth-order valence-corrected chi connectivity index (χ4v) is 3.09. The van der Waals surface area contributed by atoms with Gasteiger partial charge in [0.25, 0.3) is 0 Å². The highest BCUT2D eigenvalue weighted by Crippen LogP contribution is 2.28. The number of aromatic nitrogens is 2. The second-order valence-electron chi connectivity index (χ2n) is 7.70. The molecular weight excluding hydrogens is 390 g/mol. The summed E-state index contributed by atoms with van der Waals surface area (Å²) in [6, 6.07) is 15.8. The lowest BCUT2D eigenvalue weighted by Gasteiger charge is -2.23. The van der Waals surface area contributed by atoms with Crippen LogP contribution in [0.4, 0.5) is 0 Å².